The van der Waals surface area contributed by atoms with Crippen LogP contribution in [0.3, 0.4) is 0 Å². The van der Waals surface area contributed by atoms with Crippen molar-refractivity contribution in [3.8, 4) is 0 Å². The number of aliphatic hydroxyl groups excluding tert-OH is 1. The molecule has 234 valence electrons. The molecule has 2 aromatic rings. The molecule has 2 aliphatic carbocycles. The number of methoxy groups -OCH3 is 2. The van der Waals surface area contributed by atoms with E-state index in [0.717, 1.165) is 43.4 Å². The average molecular weight is 602 g/mol. The molecule has 0 spiro atoms. The molecule has 2 amide bonds. The summed E-state index contributed by atoms with van der Waals surface area (Å²) in [6.45, 7) is 2.32. The van der Waals surface area contributed by atoms with Gasteiger partial charge in [0, 0.05) is 49.5 Å². The molecule has 2 heterocycles. The third-order valence-electron chi connectivity index (χ3n) is 9.50. The van der Waals surface area contributed by atoms with Crippen LogP contribution in [-0.4, -0.2) is 104 Å². The largest absolute Gasteiger partial charge is 0.497 e. The lowest BCUT2D eigenvalue weighted by Crippen LogP contribution is -2.49. The fourth-order valence-electron chi connectivity index (χ4n) is 7.09. The van der Waals surface area contributed by atoms with E-state index in [0.29, 0.717) is 37.4 Å². The molecule has 9 nitrogen and oxygen atoms in total. The second-order valence-electron chi connectivity index (χ2n) is 12.3. The Kier molecular flexibility index (Phi) is 9.47. The summed E-state index contributed by atoms with van der Waals surface area (Å²) in [5, 5.41) is 14.0. The summed E-state index contributed by atoms with van der Waals surface area (Å²) in [6.07, 6.45) is 7.92. The lowest BCUT2D eigenvalue weighted by Gasteiger charge is -2.34. The minimum atomic E-state index is -0.772. The Morgan fingerprint density at radius 1 is 1.02 bits per heavy atom. The number of nitrogens with one attached hydrogen (secondary N) is 1. The Bertz CT molecular complexity index is 1360. The molecule has 6 rings (SSSR count). The summed E-state index contributed by atoms with van der Waals surface area (Å²) in [4.78, 5) is 30.4. The number of ether oxygens (including phenoxy) is 3. The van der Waals surface area contributed by atoms with Gasteiger partial charge in [0.25, 0.3) is 11.8 Å². The van der Waals surface area contributed by atoms with Gasteiger partial charge in [-0.05, 0) is 73.6 Å². The fraction of sp³-hybridized carbons (Fsp3) is 0.486. The maximum absolute atomic E-state index is 13.2. The van der Waals surface area contributed by atoms with E-state index >= 15 is 0 Å². The van der Waals surface area contributed by atoms with Crippen LogP contribution >= 0.6 is 0 Å². The number of fused-ring (bicyclic) bond motifs is 3. The maximum Gasteiger partial charge on any atom is 0.254 e. The molecule has 2 aromatic carbocycles. The van der Waals surface area contributed by atoms with Crippen LogP contribution in [0.2, 0.25) is 0 Å². The van der Waals surface area contributed by atoms with E-state index in [9.17, 15) is 14.7 Å². The number of morpholine rings is 1. The Morgan fingerprint density at radius 3 is 2.32 bits per heavy atom. The predicted octanol–water partition coefficient (Wildman–Crippen LogP) is 3.13. The molecule has 2 fully saturated rings. The molecule has 4 atom stereocenters. The number of rotatable bonds is 11. The minimum absolute atomic E-state index is 0.00497. The van der Waals surface area contributed by atoms with Crippen molar-refractivity contribution in [3.05, 3.63) is 94.3 Å². The highest BCUT2D eigenvalue weighted by atomic mass is 16.5. The van der Waals surface area contributed by atoms with E-state index in [2.05, 4.69) is 40.6 Å². The molecule has 44 heavy (non-hydrogen) atoms. The molecular formula is C35H43N3O6. The average Bonchev–Trinajstić information content (AvgIpc) is 3.60. The molecule has 9 heteroatoms. The number of amides is 2. The molecule has 2 bridgehead atoms. The van der Waals surface area contributed by atoms with Crippen LogP contribution in [0.25, 0.3) is 0 Å². The predicted molar refractivity (Wildman–Crippen MR) is 166 cm³/mol. The van der Waals surface area contributed by atoms with Gasteiger partial charge in [-0.2, -0.15) is 0 Å². The molecule has 2 saturated heterocycles. The van der Waals surface area contributed by atoms with Gasteiger partial charge < -0.3 is 29.5 Å². The molecule has 2 aliphatic heterocycles. The van der Waals surface area contributed by atoms with E-state index in [4.69, 9.17) is 14.2 Å². The smallest absolute Gasteiger partial charge is 0.254 e. The summed E-state index contributed by atoms with van der Waals surface area (Å²) in [6, 6.07) is 15.8. The van der Waals surface area contributed by atoms with Gasteiger partial charge in [0.05, 0.1) is 44.6 Å². The molecule has 2 N–H and O–H groups in total. The van der Waals surface area contributed by atoms with E-state index in [1.807, 2.05) is 11.0 Å². The monoisotopic (exact) mass is 601 g/mol. The van der Waals surface area contributed by atoms with Crippen LogP contribution in [0.4, 0.5) is 0 Å². The van der Waals surface area contributed by atoms with Gasteiger partial charge in [-0.15, -0.1) is 0 Å². The Balaban J connectivity index is 1.07. The highest BCUT2D eigenvalue weighted by molar-refractivity contribution is 5.98. The molecule has 0 aromatic heterocycles. The number of carbonyl (C=O) groups excluding carboxylic acids is 2. The number of nitrogens with zero attached hydrogens (tertiary/aromatic N) is 2. The van der Waals surface area contributed by atoms with Gasteiger partial charge in [-0.25, -0.2) is 0 Å². The van der Waals surface area contributed by atoms with Crippen molar-refractivity contribution >= 4 is 11.8 Å². The van der Waals surface area contributed by atoms with Crippen molar-refractivity contribution in [1.29, 1.82) is 0 Å². The second kappa shape index (κ2) is 13.6. The first-order valence-corrected chi connectivity index (χ1v) is 15.7. The highest BCUT2D eigenvalue weighted by Crippen LogP contribution is 2.31. The minimum Gasteiger partial charge on any atom is -0.497 e. The number of hydrogen-bond acceptors (Lipinski definition) is 7. The molecule has 0 radical (unpaired) electrons. The zero-order valence-corrected chi connectivity index (χ0v) is 25.6. The summed E-state index contributed by atoms with van der Waals surface area (Å²) in [5.41, 5.74) is 4.79. The number of aliphatic hydroxyl groups is 1. The first-order chi connectivity index (χ1) is 21.4. The molecular weight excluding hydrogens is 558 g/mol. The topological polar surface area (TPSA) is 101 Å². The van der Waals surface area contributed by atoms with Gasteiger partial charge in [-0.1, -0.05) is 30.3 Å². The summed E-state index contributed by atoms with van der Waals surface area (Å²) in [5.74, 6) is 0.517. The highest BCUT2D eigenvalue weighted by Gasteiger charge is 2.40. The Morgan fingerprint density at radius 2 is 1.68 bits per heavy atom. The lowest BCUT2D eigenvalue weighted by atomic mass is 10.0. The summed E-state index contributed by atoms with van der Waals surface area (Å²) >= 11 is 0. The van der Waals surface area contributed by atoms with Crippen LogP contribution in [0.1, 0.15) is 51.1 Å². The molecule has 0 saturated carbocycles. The van der Waals surface area contributed by atoms with Crippen LogP contribution in [0.15, 0.2) is 72.0 Å². The van der Waals surface area contributed by atoms with E-state index in [1.165, 1.54) is 11.1 Å². The number of carbonyl (C=O) groups is 2. The summed E-state index contributed by atoms with van der Waals surface area (Å²) in [7, 11) is 3.37. The van der Waals surface area contributed by atoms with Gasteiger partial charge in [0.1, 0.15) is 5.76 Å². The molecule has 4 aliphatic rings. The quantitative estimate of drug-likeness (QED) is 0.408. The van der Waals surface area contributed by atoms with Gasteiger partial charge in [0.15, 0.2) is 0 Å². The second-order valence-corrected chi connectivity index (χ2v) is 12.3. The third kappa shape index (κ3) is 6.61. The van der Waals surface area contributed by atoms with Crippen molar-refractivity contribution in [2.24, 2.45) is 0 Å². The SMILES string of the molecule is COC1=CC(OC)CC=C1CN(CC(O)CNC(=O)c1ccc(C(=O)N2C3CCC2COC3)cc1)C1Cc2ccccc2C1. The summed E-state index contributed by atoms with van der Waals surface area (Å²) < 4.78 is 16.8. The van der Waals surface area contributed by atoms with Crippen LogP contribution in [0.5, 0.6) is 0 Å². The zero-order valence-electron chi connectivity index (χ0n) is 25.6. The van der Waals surface area contributed by atoms with Gasteiger partial charge in [0.2, 0.25) is 0 Å². The standard InChI is InChI=1S/C35H43N3O6/c1-42-32-14-11-27(33(17-32)43-2)19-37(30-15-25-5-3-4-6-26(25)16-30)20-31(39)18-36-34(40)23-7-9-24(10-8-23)35(41)38-28-12-13-29(38)22-44-21-28/h3-11,17,28-32,39H,12-16,18-22H2,1-2H3,(H,36,40). The van der Waals surface area contributed by atoms with Crippen LogP contribution in [-0.2, 0) is 27.1 Å². The van der Waals surface area contributed by atoms with E-state index in [1.54, 1.807) is 38.5 Å². The van der Waals surface area contributed by atoms with E-state index < -0.39 is 6.10 Å². The van der Waals surface area contributed by atoms with E-state index in [-0.39, 0.29) is 42.6 Å². The van der Waals surface area contributed by atoms with Crippen molar-refractivity contribution in [1.82, 2.24) is 15.1 Å². The van der Waals surface area contributed by atoms with Crippen molar-refractivity contribution in [2.75, 3.05) is 47.1 Å². The molecule has 4 unspecified atom stereocenters. The fourth-order valence-corrected chi connectivity index (χ4v) is 7.09. The van der Waals surface area contributed by atoms with Crippen LogP contribution < -0.4 is 5.32 Å². The number of hydrogen-bond donors (Lipinski definition) is 2. The first-order valence-electron chi connectivity index (χ1n) is 15.7. The van der Waals surface area contributed by atoms with Gasteiger partial charge in [-0.3, -0.25) is 14.5 Å². The number of benzene rings is 2. The van der Waals surface area contributed by atoms with Crippen molar-refractivity contribution < 1.29 is 28.9 Å². The first kappa shape index (κ1) is 30.5. The Hall–Kier alpha value is -3.50. The Labute approximate surface area is 259 Å². The van der Waals surface area contributed by atoms with Crippen LogP contribution in [0, 0.1) is 0 Å². The van der Waals surface area contributed by atoms with Crippen molar-refractivity contribution in [3.63, 3.8) is 0 Å². The van der Waals surface area contributed by atoms with Crippen molar-refractivity contribution in [2.45, 2.75) is 62.4 Å². The maximum atomic E-state index is 13.2. The normalized spacial score (nSPS) is 23.6. The lowest BCUT2D eigenvalue weighted by molar-refractivity contribution is -0.00716. The zero-order chi connectivity index (χ0) is 30.6. The van der Waals surface area contributed by atoms with Gasteiger partial charge >= 0.3 is 0 Å². The third-order valence-corrected chi connectivity index (χ3v) is 9.50.